The predicted molar refractivity (Wildman–Crippen MR) is 85.3 cm³/mol. The van der Waals surface area contributed by atoms with E-state index in [1.165, 1.54) is 0 Å². The quantitative estimate of drug-likeness (QED) is 0.645. The number of H-pyrrole nitrogens is 1. The van der Waals surface area contributed by atoms with E-state index in [0.717, 1.165) is 6.20 Å². The number of rotatable bonds is 4. The molecule has 1 aromatic carbocycles. The Bertz CT molecular complexity index is 821. The first-order valence-electron chi connectivity index (χ1n) is 7.46. The third kappa shape index (κ3) is 3.90. The molecular formula is C15H13ClF3N5O2. The number of carbonyl (C=O) groups is 2. The predicted octanol–water partition coefficient (Wildman–Crippen LogP) is 1.97. The Morgan fingerprint density at radius 2 is 2.00 bits per heavy atom. The molecule has 0 unspecified atom stereocenters. The van der Waals surface area contributed by atoms with Crippen molar-refractivity contribution >= 4 is 23.5 Å². The van der Waals surface area contributed by atoms with Crippen molar-refractivity contribution in [2.75, 3.05) is 6.54 Å². The number of nitrogens with zero attached hydrogens (tertiary/aromatic N) is 1. The lowest BCUT2D eigenvalue weighted by molar-refractivity contribution is -0.144. The molecule has 7 nitrogen and oxygen atoms in total. The van der Waals surface area contributed by atoms with Gasteiger partial charge < -0.3 is 20.9 Å². The highest BCUT2D eigenvalue weighted by molar-refractivity contribution is 6.30. The molecule has 3 rings (SSSR count). The van der Waals surface area contributed by atoms with Gasteiger partial charge in [-0.2, -0.15) is 13.2 Å². The SMILES string of the molecule is O=C1NC[C@H](C(=O)N[C@@H](c2ccc(Cl)cc2)c2cnc(C(F)(F)F)[nH]2)N1. The van der Waals surface area contributed by atoms with E-state index in [2.05, 4.69) is 25.9 Å². The smallest absolute Gasteiger partial charge is 0.342 e. The van der Waals surface area contributed by atoms with Gasteiger partial charge in [0.05, 0.1) is 17.9 Å². The summed E-state index contributed by atoms with van der Waals surface area (Å²) in [5, 5.41) is 7.91. The van der Waals surface area contributed by atoms with Crippen molar-refractivity contribution in [1.29, 1.82) is 0 Å². The molecule has 3 amide bonds. The van der Waals surface area contributed by atoms with Gasteiger partial charge in [-0.25, -0.2) is 9.78 Å². The molecule has 2 heterocycles. The number of hydrogen-bond acceptors (Lipinski definition) is 3. The average molecular weight is 388 g/mol. The number of amides is 3. The monoisotopic (exact) mass is 387 g/mol. The number of urea groups is 1. The Morgan fingerprint density at radius 1 is 1.31 bits per heavy atom. The van der Waals surface area contributed by atoms with E-state index in [4.69, 9.17) is 11.6 Å². The van der Waals surface area contributed by atoms with Crippen LogP contribution in [0.25, 0.3) is 0 Å². The molecule has 2 atom stereocenters. The molecule has 1 aliphatic heterocycles. The second-order valence-electron chi connectivity index (χ2n) is 5.59. The van der Waals surface area contributed by atoms with E-state index in [0.29, 0.717) is 10.6 Å². The summed E-state index contributed by atoms with van der Waals surface area (Å²) in [5.41, 5.74) is 0.544. The average Bonchev–Trinajstić information content (AvgIpc) is 3.22. The largest absolute Gasteiger partial charge is 0.449 e. The van der Waals surface area contributed by atoms with Crippen LogP contribution in [0.15, 0.2) is 30.5 Å². The van der Waals surface area contributed by atoms with Crippen LogP contribution in [0.3, 0.4) is 0 Å². The number of nitrogens with one attached hydrogen (secondary N) is 4. The van der Waals surface area contributed by atoms with Crippen LogP contribution in [0, 0.1) is 0 Å². The van der Waals surface area contributed by atoms with Crippen LogP contribution in [0.2, 0.25) is 5.02 Å². The highest BCUT2D eigenvalue weighted by Gasteiger charge is 2.36. The van der Waals surface area contributed by atoms with Gasteiger partial charge in [-0.1, -0.05) is 23.7 Å². The maximum absolute atomic E-state index is 12.8. The molecular weight excluding hydrogens is 375 g/mol. The van der Waals surface area contributed by atoms with Gasteiger partial charge >= 0.3 is 12.2 Å². The first-order chi connectivity index (χ1) is 12.2. The van der Waals surface area contributed by atoms with Gasteiger partial charge in [0, 0.05) is 11.6 Å². The van der Waals surface area contributed by atoms with Gasteiger partial charge in [0.15, 0.2) is 0 Å². The second-order valence-corrected chi connectivity index (χ2v) is 6.02. The summed E-state index contributed by atoms with van der Waals surface area (Å²) in [6.45, 7) is 0.0782. The highest BCUT2D eigenvalue weighted by atomic mass is 35.5. The minimum atomic E-state index is -4.64. The molecule has 0 spiro atoms. The molecule has 0 radical (unpaired) electrons. The number of benzene rings is 1. The van der Waals surface area contributed by atoms with Crippen molar-refractivity contribution in [3.63, 3.8) is 0 Å². The fourth-order valence-electron chi connectivity index (χ4n) is 2.48. The van der Waals surface area contributed by atoms with Crippen LogP contribution in [-0.4, -0.2) is 34.5 Å². The zero-order valence-electron chi connectivity index (χ0n) is 13.0. The zero-order chi connectivity index (χ0) is 18.9. The molecule has 4 N–H and O–H groups in total. The van der Waals surface area contributed by atoms with Crippen molar-refractivity contribution in [3.8, 4) is 0 Å². The molecule has 1 saturated heterocycles. The number of hydrogen-bond donors (Lipinski definition) is 4. The third-order valence-electron chi connectivity index (χ3n) is 3.75. The molecule has 1 aliphatic rings. The van der Waals surface area contributed by atoms with E-state index in [1.54, 1.807) is 24.3 Å². The van der Waals surface area contributed by atoms with E-state index in [-0.39, 0.29) is 12.2 Å². The third-order valence-corrected chi connectivity index (χ3v) is 4.01. The topological polar surface area (TPSA) is 98.9 Å². The first-order valence-corrected chi connectivity index (χ1v) is 7.84. The van der Waals surface area contributed by atoms with E-state index in [1.807, 2.05) is 0 Å². The minimum Gasteiger partial charge on any atom is -0.342 e. The first kappa shape index (κ1) is 18.1. The second kappa shape index (κ2) is 6.87. The summed E-state index contributed by atoms with van der Waals surface area (Å²) in [5.74, 6) is -1.72. The van der Waals surface area contributed by atoms with Gasteiger partial charge in [-0.05, 0) is 17.7 Å². The van der Waals surface area contributed by atoms with Gasteiger partial charge in [-0.3, -0.25) is 4.79 Å². The summed E-state index contributed by atoms with van der Waals surface area (Å²) < 4.78 is 38.5. The molecule has 0 aliphatic carbocycles. The number of carbonyl (C=O) groups excluding carboxylic acids is 2. The van der Waals surface area contributed by atoms with Crippen molar-refractivity contribution in [2.24, 2.45) is 0 Å². The van der Waals surface area contributed by atoms with Crippen LogP contribution < -0.4 is 16.0 Å². The molecule has 1 fully saturated rings. The standard InChI is InChI=1S/C15H13ClF3N5O2/c16-8-3-1-7(2-4-8)11(9-5-20-13(22-9)15(17,18)19)24-12(25)10-6-21-14(26)23-10/h1-5,10-11H,6H2,(H,20,22)(H,24,25)(H2,21,23,26)/t10-,11+/m1/s1. The summed E-state index contributed by atoms with van der Waals surface area (Å²) in [4.78, 5) is 29.1. The van der Waals surface area contributed by atoms with Crippen molar-refractivity contribution < 1.29 is 22.8 Å². The lowest BCUT2D eigenvalue weighted by Gasteiger charge is -2.20. The maximum atomic E-state index is 12.8. The Morgan fingerprint density at radius 3 is 2.54 bits per heavy atom. The zero-order valence-corrected chi connectivity index (χ0v) is 13.8. The maximum Gasteiger partial charge on any atom is 0.449 e. The number of imidazole rings is 1. The number of alkyl halides is 3. The normalized spacial score (nSPS) is 18.2. The summed E-state index contributed by atoms with van der Waals surface area (Å²) in [6.07, 6.45) is -3.63. The van der Waals surface area contributed by atoms with Crippen LogP contribution in [0.4, 0.5) is 18.0 Å². The number of aromatic amines is 1. The van der Waals surface area contributed by atoms with Gasteiger partial charge in [0.2, 0.25) is 11.7 Å². The highest BCUT2D eigenvalue weighted by Crippen LogP contribution is 2.29. The molecule has 138 valence electrons. The Hall–Kier alpha value is -2.75. The fraction of sp³-hybridized carbons (Fsp3) is 0.267. The van der Waals surface area contributed by atoms with Crippen molar-refractivity contribution in [2.45, 2.75) is 18.3 Å². The van der Waals surface area contributed by atoms with E-state index in [9.17, 15) is 22.8 Å². The molecule has 2 aromatic rings. The van der Waals surface area contributed by atoms with Crippen LogP contribution in [-0.2, 0) is 11.0 Å². The lowest BCUT2D eigenvalue weighted by atomic mass is 10.0. The van der Waals surface area contributed by atoms with E-state index < -0.39 is 36.0 Å². The number of halogens is 4. The molecule has 26 heavy (non-hydrogen) atoms. The summed E-state index contributed by atoms with van der Waals surface area (Å²) >= 11 is 5.84. The molecule has 0 bridgehead atoms. The molecule has 1 aromatic heterocycles. The van der Waals surface area contributed by atoms with Crippen LogP contribution in [0.5, 0.6) is 0 Å². The lowest BCUT2D eigenvalue weighted by Crippen LogP contribution is -2.44. The molecule has 11 heteroatoms. The summed E-state index contributed by atoms with van der Waals surface area (Å²) in [6, 6.07) is 4.00. The fourth-order valence-corrected chi connectivity index (χ4v) is 2.60. The number of aromatic nitrogens is 2. The van der Waals surface area contributed by atoms with Gasteiger partial charge in [0.25, 0.3) is 0 Å². The van der Waals surface area contributed by atoms with Crippen molar-refractivity contribution in [3.05, 3.63) is 52.6 Å². The molecule has 0 saturated carbocycles. The van der Waals surface area contributed by atoms with E-state index >= 15 is 0 Å². The van der Waals surface area contributed by atoms with Crippen molar-refractivity contribution in [1.82, 2.24) is 25.9 Å². The van der Waals surface area contributed by atoms with Crippen LogP contribution >= 0.6 is 11.6 Å². The minimum absolute atomic E-state index is 0.0466. The Balaban J connectivity index is 1.89. The van der Waals surface area contributed by atoms with Crippen LogP contribution in [0.1, 0.15) is 23.1 Å². The summed E-state index contributed by atoms with van der Waals surface area (Å²) in [7, 11) is 0. The van der Waals surface area contributed by atoms with Gasteiger partial charge in [0.1, 0.15) is 6.04 Å². The van der Waals surface area contributed by atoms with Gasteiger partial charge in [-0.15, -0.1) is 0 Å². The Labute approximate surface area is 150 Å². The Kier molecular flexibility index (Phi) is 4.77.